The fraction of sp³-hybridized carbons (Fsp3) is 0.231. The van der Waals surface area contributed by atoms with Gasteiger partial charge in [-0.05, 0) is 41.1 Å². The minimum Gasteiger partial charge on any atom is -0.497 e. The molecule has 0 aliphatic carbocycles. The molecule has 1 N–H and O–H groups in total. The van der Waals surface area contributed by atoms with E-state index < -0.39 is 0 Å². The average molecular weight is 391 g/mol. The summed E-state index contributed by atoms with van der Waals surface area (Å²) in [5.74, 6) is 0.839. The maximum Gasteiger partial charge on any atom is 0.122 e. The molecule has 1 aromatic heterocycles. The maximum atomic E-state index is 5.25. The van der Waals surface area contributed by atoms with Crippen LogP contribution in [0.2, 0.25) is 0 Å². The summed E-state index contributed by atoms with van der Waals surface area (Å²) >= 11 is 8.69. The summed E-state index contributed by atoms with van der Waals surface area (Å²) in [6.07, 6.45) is 0. The van der Waals surface area contributed by atoms with Gasteiger partial charge in [-0.25, -0.2) is 0 Å². The fourth-order valence-corrected chi connectivity index (χ4v) is 3.57. The Labute approximate surface area is 128 Å². The fourth-order valence-electron chi connectivity index (χ4n) is 1.64. The molecule has 1 aromatic carbocycles. The molecule has 1 unspecified atom stereocenters. The summed E-state index contributed by atoms with van der Waals surface area (Å²) < 4.78 is 7.38. The van der Waals surface area contributed by atoms with Gasteiger partial charge in [0.25, 0.3) is 0 Å². The van der Waals surface area contributed by atoms with Gasteiger partial charge in [0.05, 0.1) is 13.2 Å². The number of rotatable bonds is 4. The molecule has 0 saturated carbocycles. The summed E-state index contributed by atoms with van der Waals surface area (Å²) in [5, 5.41) is 5.56. The number of benzene rings is 1. The highest BCUT2D eigenvalue weighted by atomic mass is 79.9. The van der Waals surface area contributed by atoms with Crippen molar-refractivity contribution < 1.29 is 4.74 Å². The number of methoxy groups -OCH3 is 1. The Morgan fingerprint density at radius 2 is 1.94 bits per heavy atom. The van der Waals surface area contributed by atoms with Crippen LogP contribution >= 0.6 is 43.2 Å². The van der Waals surface area contributed by atoms with E-state index in [0.717, 1.165) is 20.4 Å². The largest absolute Gasteiger partial charge is 0.497 e. The molecule has 0 fully saturated rings. The van der Waals surface area contributed by atoms with E-state index in [9.17, 15) is 0 Å². The minimum absolute atomic E-state index is 0.264. The van der Waals surface area contributed by atoms with Crippen LogP contribution in [0.3, 0.4) is 0 Å². The lowest BCUT2D eigenvalue weighted by molar-refractivity contribution is 0.414. The quantitative estimate of drug-likeness (QED) is 0.748. The van der Waals surface area contributed by atoms with Crippen LogP contribution in [0.25, 0.3) is 0 Å². The van der Waals surface area contributed by atoms with E-state index in [-0.39, 0.29) is 6.04 Å². The van der Waals surface area contributed by atoms with Crippen LogP contribution in [-0.2, 0) is 0 Å². The van der Waals surface area contributed by atoms with Crippen LogP contribution in [0.15, 0.2) is 38.6 Å². The Hall–Kier alpha value is -0.520. The van der Waals surface area contributed by atoms with Gasteiger partial charge in [-0.1, -0.05) is 15.9 Å². The molecule has 18 heavy (non-hydrogen) atoms. The van der Waals surface area contributed by atoms with Crippen molar-refractivity contribution >= 4 is 48.9 Å². The van der Waals surface area contributed by atoms with Crippen LogP contribution in [0.4, 0.5) is 5.69 Å². The normalized spacial score (nSPS) is 12.2. The Balaban J connectivity index is 2.16. The smallest absolute Gasteiger partial charge is 0.122 e. The van der Waals surface area contributed by atoms with Crippen molar-refractivity contribution in [3.63, 3.8) is 0 Å². The SMILES string of the molecule is COc1cc(Br)cc(NC(C)c2cc(Br)cs2)c1. The summed E-state index contributed by atoms with van der Waals surface area (Å²) in [6, 6.07) is 8.38. The molecular formula is C13H13Br2NOS. The number of ether oxygens (including phenoxy) is 1. The van der Waals surface area contributed by atoms with Gasteiger partial charge in [0.2, 0.25) is 0 Å². The Morgan fingerprint density at radius 3 is 2.56 bits per heavy atom. The molecule has 0 saturated heterocycles. The van der Waals surface area contributed by atoms with E-state index in [1.807, 2.05) is 18.2 Å². The molecule has 1 atom stereocenters. The third-order valence-electron chi connectivity index (χ3n) is 2.50. The molecule has 0 radical (unpaired) electrons. The van der Waals surface area contributed by atoms with Gasteiger partial charge >= 0.3 is 0 Å². The van der Waals surface area contributed by atoms with E-state index in [1.165, 1.54) is 4.88 Å². The molecule has 1 heterocycles. The minimum atomic E-state index is 0.264. The maximum absolute atomic E-state index is 5.25. The first kappa shape index (κ1) is 13.9. The highest BCUT2D eigenvalue weighted by Crippen LogP contribution is 2.30. The lowest BCUT2D eigenvalue weighted by Crippen LogP contribution is -2.04. The number of anilines is 1. The summed E-state index contributed by atoms with van der Waals surface area (Å²) in [7, 11) is 1.67. The third kappa shape index (κ3) is 3.49. The average Bonchev–Trinajstić information content (AvgIpc) is 2.75. The van der Waals surface area contributed by atoms with Gasteiger partial charge in [0.1, 0.15) is 5.75 Å². The van der Waals surface area contributed by atoms with Gasteiger partial charge in [0, 0.05) is 31.0 Å². The number of halogens is 2. The number of nitrogens with one attached hydrogen (secondary N) is 1. The number of hydrogen-bond donors (Lipinski definition) is 1. The first-order valence-corrected chi connectivity index (χ1v) is 7.90. The molecule has 0 bridgehead atoms. The molecule has 0 amide bonds. The number of hydrogen-bond acceptors (Lipinski definition) is 3. The van der Waals surface area contributed by atoms with Crippen molar-refractivity contribution in [3.8, 4) is 5.75 Å². The van der Waals surface area contributed by atoms with Gasteiger partial charge in [-0.15, -0.1) is 11.3 Å². The standard InChI is InChI=1S/C13H13Br2NOS/c1-8(13-5-10(15)7-18-13)16-11-3-9(14)4-12(6-11)17-2/h3-8,16H,1-2H3. The van der Waals surface area contributed by atoms with E-state index in [0.29, 0.717) is 0 Å². The topological polar surface area (TPSA) is 21.3 Å². The molecule has 2 rings (SSSR count). The zero-order valence-corrected chi connectivity index (χ0v) is 14.0. The van der Waals surface area contributed by atoms with Crippen molar-refractivity contribution in [2.75, 3.05) is 12.4 Å². The number of thiophene rings is 1. The van der Waals surface area contributed by atoms with Crippen LogP contribution < -0.4 is 10.1 Å². The van der Waals surface area contributed by atoms with Gasteiger partial charge in [0.15, 0.2) is 0 Å². The van der Waals surface area contributed by atoms with Crippen LogP contribution in [0.1, 0.15) is 17.8 Å². The van der Waals surface area contributed by atoms with Gasteiger partial charge < -0.3 is 10.1 Å². The summed E-state index contributed by atoms with van der Waals surface area (Å²) in [4.78, 5) is 1.29. The van der Waals surface area contributed by atoms with E-state index in [4.69, 9.17) is 4.74 Å². The van der Waals surface area contributed by atoms with Gasteiger partial charge in [-0.2, -0.15) is 0 Å². The highest BCUT2D eigenvalue weighted by molar-refractivity contribution is 9.10. The van der Waals surface area contributed by atoms with E-state index in [2.05, 4.69) is 55.5 Å². The van der Waals surface area contributed by atoms with Crippen molar-refractivity contribution in [2.24, 2.45) is 0 Å². The predicted octanol–water partition coefficient (Wildman–Crippen LogP) is 5.45. The lowest BCUT2D eigenvalue weighted by Gasteiger charge is -2.15. The molecular weight excluding hydrogens is 378 g/mol. The highest BCUT2D eigenvalue weighted by Gasteiger charge is 2.09. The van der Waals surface area contributed by atoms with Crippen molar-refractivity contribution in [2.45, 2.75) is 13.0 Å². The second-order valence-corrected chi connectivity index (χ2v) is 6.69. The van der Waals surface area contributed by atoms with Crippen LogP contribution in [0.5, 0.6) is 5.75 Å². The molecule has 2 nitrogen and oxygen atoms in total. The second kappa shape index (κ2) is 6.08. The Kier molecular flexibility index (Phi) is 4.70. The monoisotopic (exact) mass is 389 g/mol. The molecule has 0 aliphatic rings. The van der Waals surface area contributed by atoms with Crippen molar-refractivity contribution in [3.05, 3.63) is 43.5 Å². The predicted molar refractivity (Wildman–Crippen MR) is 84.8 cm³/mol. The zero-order valence-electron chi connectivity index (χ0n) is 10.0. The van der Waals surface area contributed by atoms with Crippen LogP contribution in [-0.4, -0.2) is 7.11 Å². The molecule has 0 spiro atoms. The first-order valence-electron chi connectivity index (χ1n) is 5.43. The lowest BCUT2D eigenvalue weighted by atomic mass is 10.2. The van der Waals surface area contributed by atoms with Crippen molar-refractivity contribution in [1.82, 2.24) is 0 Å². The van der Waals surface area contributed by atoms with Gasteiger partial charge in [-0.3, -0.25) is 0 Å². The molecule has 96 valence electrons. The van der Waals surface area contributed by atoms with E-state index in [1.54, 1.807) is 18.4 Å². The van der Waals surface area contributed by atoms with Crippen LogP contribution in [0, 0.1) is 0 Å². The zero-order chi connectivity index (χ0) is 13.1. The summed E-state index contributed by atoms with van der Waals surface area (Å²) in [6.45, 7) is 2.14. The molecule has 2 aromatic rings. The van der Waals surface area contributed by atoms with Crippen molar-refractivity contribution in [1.29, 1.82) is 0 Å². The second-order valence-electron chi connectivity index (χ2n) is 3.91. The Morgan fingerprint density at radius 1 is 1.17 bits per heavy atom. The molecule has 5 heteroatoms. The van der Waals surface area contributed by atoms with E-state index >= 15 is 0 Å². The first-order chi connectivity index (χ1) is 8.58. The third-order valence-corrected chi connectivity index (χ3v) is 4.84. The molecule has 0 aliphatic heterocycles. The summed E-state index contributed by atoms with van der Waals surface area (Å²) in [5.41, 5.74) is 1.04. The Bertz CT molecular complexity index is 542.